The van der Waals surface area contributed by atoms with Crippen molar-refractivity contribution in [2.24, 2.45) is 0 Å². The Morgan fingerprint density at radius 2 is 1.96 bits per heavy atom. The van der Waals surface area contributed by atoms with Crippen molar-refractivity contribution in [3.8, 4) is 5.75 Å². The van der Waals surface area contributed by atoms with Crippen LogP contribution in [-0.4, -0.2) is 18.0 Å². The van der Waals surface area contributed by atoms with Gasteiger partial charge in [-0.2, -0.15) is 0 Å². The number of hydrogen-bond donors (Lipinski definition) is 1. The molecule has 0 spiro atoms. The van der Waals surface area contributed by atoms with Gasteiger partial charge in [-0.05, 0) is 42.0 Å². The van der Waals surface area contributed by atoms with Gasteiger partial charge in [-0.15, -0.1) is 0 Å². The number of rotatable bonds is 4. The fraction of sp³-hybridized carbons (Fsp3) is 0.111. The van der Waals surface area contributed by atoms with E-state index in [4.69, 9.17) is 16.3 Å². The maximum absolute atomic E-state index is 12.3. The van der Waals surface area contributed by atoms with Crippen molar-refractivity contribution in [2.45, 2.75) is 6.42 Å². The SMILES string of the molecule is COc1ccc(NC(=O)Cc2ccc(Cl)cc2)c2cccnc12. The van der Waals surface area contributed by atoms with Crippen LogP contribution < -0.4 is 10.1 Å². The van der Waals surface area contributed by atoms with Crippen LogP contribution in [0.5, 0.6) is 5.75 Å². The maximum atomic E-state index is 12.3. The van der Waals surface area contributed by atoms with Gasteiger partial charge in [0.2, 0.25) is 5.91 Å². The molecule has 0 bridgehead atoms. The smallest absolute Gasteiger partial charge is 0.228 e. The summed E-state index contributed by atoms with van der Waals surface area (Å²) in [6.45, 7) is 0. The highest BCUT2D eigenvalue weighted by molar-refractivity contribution is 6.30. The minimum Gasteiger partial charge on any atom is -0.494 e. The second-order valence-corrected chi connectivity index (χ2v) is 5.50. The van der Waals surface area contributed by atoms with Gasteiger partial charge in [0.1, 0.15) is 11.3 Å². The summed E-state index contributed by atoms with van der Waals surface area (Å²) in [5.74, 6) is 0.582. The largest absolute Gasteiger partial charge is 0.494 e. The van der Waals surface area contributed by atoms with Crippen molar-refractivity contribution in [2.75, 3.05) is 12.4 Å². The van der Waals surface area contributed by atoms with Crippen LogP contribution in [0.4, 0.5) is 5.69 Å². The predicted octanol–water partition coefficient (Wildman–Crippen LogP) is 4.08. The molecule has 5 heteroatoms. The van der Waals surface area contributed by atoms with E-state index in [1.54, 1.807) is 31.5 Å². The molecule has 1 aromatic heterocycles. The van der Waals surface area contributed by atoms with Crippen molar-refractivity contribution in [3.63, 3.8) is 0 Å². The number of anilines is 1. The zero-order chi connectivity index (χ0) is 16.2. The highest BCUT2D eigenvalue weighted by atomic mass is 35.5. The number of nitrogens with zero attached hydrogens (tertiary/aromatic N) is 1. The van der Waals surface area contributed by atoms with Gasteiger partial charge >= 0.3 is 0 Å². The van der Waals surface area contributed by atoms with E-state index in [-0.39, 0.29) is 12.3 Å². The molecule has 4 nitrogen and oxygen atoms in total. The highest BCUT2D eigenvalue weighted by Crippen LogP contribution is 2.29. The topological polar surface area (TPSA) is 51.2 Å². The summed E-state index contributed by atoms with van der Waals surface area (Å²) in [7, 11) is 1.60. The number of ether oxygens (including phenoxy) is 1. The van der Waals surface area contributed by atoms with Crippen LogP contribution in [-0.2, 0) is 11.2 Å². The van der Waals surface area contributed by atoms with Crippen LogP contribution in [0.3, 0.4) is 0 Å². The molecule has 1 heterocycles. The first-order valence-electron chi connectivity index (χ1n) is 7.13. The van der Waals surface area contributed by atoms with Crippen molar-refractivity contribution in [3.05, 3.63) is 65.3 Å². The first-order valence-corrected chi connectivity index (χ1v) is 7.51. The molecule has 0 fully saturated rings. The Kier molecular flexibility index (Phi) is 4.44. The van der Waals surface area contributed by atoms with E-state index in [0.29, 0.717) is 16.5 Å². The first-order chi connectivity index (χ1) is 11.2. The van der Waals surface area contributed by atoms with Crippen molar-refractivity contribution >= 4 is 34.1 Å². The molecule has 0 atom stereocenters. The lowest BCUT2D eigenvalue weighted by Gasteiger charge is -2.11. The van der Waals surface area contributed by atoms with Crippen LogP contribution in [0, 0.1) is 0 Å². The number of pyridine rings is 1. The molecule has 3 rings (SSSR count). The Balaban J connectivity index is 1.84. The second kappa shape index (κ2) is 6.67. The van der Waals surface area contributed by atoms with Gasteiger partial charge in [0.05, 0.1) is 19.2 Å². The molecule has 0 saturated heterocycles. The summed E-state index contributed by atoms with van der Waals surface area (Å²) < 4.78 is 5.31. The molecule has 0 aliphatic carbocycles. The number of aromatic nitrogens is 1. The Labute approximate surface area is 139 Å². The Morgan fingerprint density at radius 1 is 1.17 bits per heavy atom. The summed E-state index contributed by atoms with van der Waals surface area (Å²) in [5.41, 5.74) is 2.34. The molecular formula is C18H15ClN2O2. The highest BCUT2D eigenvalue weighted by Gasteiger charge is 2.10. The summed E-state index contributed by atoms with van der Waals surface area (Å²) in [6, 6.07) is 14.6. The van der Waals surface area contributed by atoms with E-state index < -0.39 is 0 Å². The van der Waals surface area contributed by atoms with Crippen LogP contribution in [0.15, 0.2) is 54.7 Å². The third-order valence-corrected chi connectivity index (χ3v) is 3.76. The number of halogens is 1. The number of methoxy groups -OCH3 is 1. The number of fused-ring (bicyclic) bond motifs is 1. The van der Waals surface area contributed by atoms with Crippen molar-refractivity contribution in [1.29, 1.82) is 0 Å². The normalized spacial score (nSPS) is 10.5. The van der Waals surface area contributed by atoms with Gasteiger partial charge in [0.15, 0.2) is 0 Å². The fourth-order valence-corrected chi connectivity index (χ4v) is 2.53. The average molecular weight is 327 g/mol. The summed E-state index contributed by atoms with van der Waals surface area (Å²) in [6.07, 6.45) is 1.98. The maximum Gasteiger partial charge on any atom is 0.228 e. The number of benzene rings is 2. The molecule has 2 aromatic carbocycles. The molecule has 1 N–H and O–H groups in total. The Hall–Kier alpha value is -2.59. The molecule has 0 unspecified atom stereocenters. The third kappa shape index (κ3) is 3.43. The Bertz CT molecular complexity index is 847. The van der Waals surface area contributed by atoms with Crippen LogP contribution >= 0.6 is 11.6 Å². The molecule has 23 heavy (non-hydrogen) atoms. The average Bonchev–Trinajstić information content (AvgIpc) is 2.57. The van der Waals surface area contributed by atoms with E-state index >= 15 is 0 Å². The van der Waals surface area contributed by atoms with Gasteiger partial charge < -0.3 is 10.1 Å². The summed E-state index contributed by atoms with van der Waals surface area (Å²) in [4.78, 5) is 16.6. The third-order valence-electron chi connectivity index (χ3n) is 3.50. The molecule has 1 amide bonds. The van der Waals surface area contributed by atoms with E-state index in [2.05, 4.69) is 10.3 Å². The van der Waals surface area contributed by atoms with Crippen molar-refractivity contribution in [1.82, 2.24) is 4.98 Å². The molecule has 0 saturated carbocycles. The molecule has 0 aliphatic rings. The molecular weight excluding hydrogens is 312 g/mol. The zero-order valence-corrected chi connectivity index (χ0v) is 13.3. The van der Waals surface area contributed by atoms with Crippen LogP contribution in [0.2, 0.25) is 5.02 Å². The van der Waals surface area contributed by atoms with Crippen LogP contribution in [0.1, 0.15) is 5.56 Å². The number of nitrogens with one attached hydrogen (secondary N) is 1. The predicted molar refractivity (Wildman–Crippen MR) is 92.1 cm³/mol. The first kappa shape index (κ1) is 15.3. The number of amides is 1. The van der Waals surface area contributed by atoms with Gasteiger partial charge in [-0.3, -0.25) is 9.78 Å². The minimum absolute atomic E-state index is 0.0948. The molecule has 0 aliphatic heterocycles. The lowest BCUT2D eigenvalue weighted by atomic mass is 10.1. The van der Waals surface area contributed by atoms with Gasteiger partial charge in [-0.25, -0.2) is 0 Å². The fourth-order valence-electron chi connectivity index (χ4n) is 2.40. The summed E-state index contributed by atoms with van der Waals surface area (Å²) >= 11 is 5.85. The number of carbonyl (C=O) groups excluding carboxylic acids is 1. The monoisotopic (exact) mass is 326 g/mol. The number of carbonyl (C=O) groups is 1. The molecule has 116 valence electrons. The van der Waals surface area contributed by atoms with Crippen molar-refractivity contribution < 1.29 is 9.53 Å². The summed E-state index contributed by atoms with van der Waals surface area (Å²) in [5, 5.41) is 4.43. The van der Waals surface area contributed by atoms with Crippen LogP contribution in [0.25, 0.3) is 10.9 Å². The molecule has 0 radical (unpaired) electrons. The van der Waals surface area contributed by atoms with Gasteiger partial charge in [-0.1, -0.05) is 23.7 Å². The molecule has 3 aromatic rings. The zero-order valence-electron chi connectivity index (χ0n) is 12.5. The van der Waals surface area contributed by atoms with Gasteiger partial charge in [0, 0.05) is 16.6 Å². The van der Waals surface area contributed by atoms with E-state index in [9.17, 15) is 4.79 Å². The second-order valence-electron chi connectivity index (χ2n) is 5.07. The van der Waals surface area contributed by atoms with E-state index in [0.717, 1.165) is 16.5 Å². The van der Waals surface area contributed by atoms with Gasteiger partial charge in [0.25, 0.3) is 0 Å². The van der Waals surface area contributed by atoms with E-state index in [1.807, 2.05) is 30.3 Å². The lowest BCUT2D eigenvalue weighted by Crippen LogP contribution is -2.14. The standard InChI is InChI=1S/C18H15ClN2O2/c1-23-16-9-8-15(14-3-2-10-20-18(14)16)21-17(22)11-12-4-6-13(19)7-5-12/h2-10H,11H2,1H3,(H,21,22). The Morgan fingerprint density at radius 3 is 2.70 bits per heavy atom. The quantitative estimate of drug-likeness (QED) is 0.786. The lowest BCUT2D eigenvalue weighted by molar-refractivity contribution is -0.115. The minimum atomic E-state index is -0.0948. The van der Waals surface area contributed by atoms with E-state index in [1.165, 1.54) is 0 Å². The number of hydrogen-bond acceptors (Lipinski definition) is 3.